The number of rotatable bonds is 4. The first kappa shape index (κ1) is 17.8. The third kappa shape index (κ3) is 3.65. The van der Waals surface area contributed by atoms with Crippen molar-refractivity contribution in [2.24, 2.45) is 5.92 Å². The maximum Gasteiger partial charge on any atom is 0.232 e. The topological polar surface area (TPSA) is 40.6 Å². The van der Waals surface area contributed by atoms with Crippen molar-refractivity contribution in [2.75, 3.05) is 22.9 Å². The quantitative estimate of drug-likeness (QED) is 0.793. The Morgan fingerprint density at radius 2 is 1.92 bits per heavy atom. The van der Waals surface area contributed by atoms with E-state index in [0.717, 1.165) is 5.69 Å². The highest BCUT2D eigenvalue weighted by molar-refractivity contribution is 6.36. The largest absolute Gasteiger partial charge is 0.312 e. The number of carbonyl (C=O) groups is 2. The zero-order chi connectivity index (χ0) is 18.0. The van der Waals surface area contributed by atoms with Gasteiger partial charge < -0.3 is 9.80 Å². The highest BCUT2D eigenvalue weighted by Crippen LogP contribution is 2.34. The Balaban J connectivity index is 1.80. The van der Waals surface area contributed by atoms with Crippen LogP contribution in [-0.4, -0.2) is 24.9 Å². The van der Waals surface area contributed by atoms with Gasteiger partial charge in [0.25, 0.3) is 0 Å². The minimum Gasteiger partial charge on any atom is -0.312 e. The van der Waals surface area contributed by atoms with Gasteiger partial charge in [-0.25, -0.2) is 0 Å². The van der Waals surface area contributed by atoms with Gasteiger partial charge >= 0.3 is 0 Å². The van der Waals surface area contributed by atoms with E-state index >= 15 is 0 Å². The van der Waals surface area contributed by atoms with Crippen LogP contribution in [-0.2, 0) is 9.59 Å². The van der Waals surface area contributed by atoms with Crippen LogP contribution >= 0.6 is 23.2 Å². The van der Waals surface area contributed by atoms with Crippen LogP contribution in [0.4, 0.5) is 11.4 Å². The van der Waals surface area contributed by atoms with Gasteiger partial charge in [-0.1, -0.05) is 41.4 Å². The lowest BCUT2D eigenvalue weighted by Crippen LogP contribution is -2.37. The van der Waals surface area contributed by atoms with Crippen molar-refractivity contribution in [3.63, 3.8) is 0 Å². The van der Waals surface area contributed by atoms with Crippen molar-refractivity contribution < 1.29 is 9.59 Å². The summed E-state index contributed by atoms with van der Waals surface area (Å²) in [6.45, 7) is 2.80. The van der Waals surface area contributed by atoms with Crippen LogP contribution in [0.15, 0.2) is 48.5 Å². The van der Waals surface area contributed by atoms with Crippen LogP contribution < -0.4 is 9.80 Å². The van der Waals surface area contributed by atoms with Gasteiger partial charge in [-0.05, 0) is 37.3 Å². The van der Waals surface area contributed by atoms with Gasteiger partial charge in [-0.15, -0.1) is 0 Å². The minimum atomic E-state index is -0.389. The number of amides is 2. The maximum absolute atomic E-state index is 12.9. The third-order valence-corrected chi connectivity index (χ3v) is 4.86. The second kappa shape index (κ2) is 7.46. The lowest BCUT2D eigenvalue weighted by atomic mass is 10.1. The van der Waals surface area contributed by atoms with E-state index in [1.807, 2.05) is 37.3 Å². The zero-order valence-electron chi connectivity index (χ0n) is 13.8. The SMILES string of the molecule is CCN(C(=O)C1CC(=O)N(c2ccc(Cl)cc2Cl)C1)c1ccccc1. The fourth-order valence-electron chi connectivity index (χ4n) is 3.10. The van der Waals surface area contributed by atoms with Crippen LogP contribution in [0.1, 0.15) is 13.3 Å². The molecule has 4 nitrogen and oxygen atoms in total. The molecule has 130 valence electrons. The Bertz CT molecular complexity index is 795. The first-order valence-corrected chi connectivity index (χ1v) is 8.88. The second-order valence-electron chi connectivity index (χ2n) is 5.92. The van der Waals surface area contributed by atoms with Gasteiger partial charge in [0.1, 0.15) is 0 Å². The first-order chi connectivity index (χ1) is 12.0. The predicted octanol–water partition coefficient (Wildman–Crippen LogP) is 4.40. The Morgan fingerprint density at radius 1 is 1.20 bits per heavy atom. The van der Waals surface area contributed by atoms with Crippen LogP contribution in [0.25, 0.3) is 0 Å². The van der Waals surface area contributed by atoms with Gasteiger partial charge in [0.05, 0.1) is 16.6 Å². The number of hydrogen-bond donors (Lipinski definition) is 0. The van der Waals surface area contributed by atoms with Crippen molar-refractivity contribution in [3.05, 3.63) is 58.6 Å². The Kier molecular flexibility index (Phi) is 5.30. The van der Waals surface area contributed by atoms with E-state index in [-0.39, 0.29) is 24.2 Å². The van der Waals surface area contributed by atoms with Gasteiger partial charge in [0, 0.05) is 30.2 Å². The van der Waals surface area contributed by atoms with E-state index in [9.17, 15) is 9.59 Å². The summed E-state index contributed by atoms with van der Waals surface area (Å²) >= 11 is 12.1. The van der Waals surface area contributed by atoms with E-state index in [4.69, 9.17) is 23.2 Å². The van der Waals surface area contributed by atoms with Crippen molar-refractivity contribution in [1.82, 2.24) is 0 Å². The molecule has 1 unspecified atom stereocenters. The smallest absolute Gasteiger partial charge is 0.232 e. The summed E-state index contributed by atoms with van der Waals surface area (Å²) in [6.07, 6.45) is 0.182. The fraction of sp³-hybridized carbons (Fsp3) is 0.263. The highest BCUT2D eigenvalue weighted by atomic mass is 35.5. The fourth-order valence-corrected chi connectivity index (χ4v) is 3.61. The summed E-state index contributed by atoms with van der Waals surface area (Å²) in [5.41, 5.74) is 1.43. The molecule has 1 atom stereocenters. The molecular formula is C19H18Cl2N2O2. The molecule has 2 amide bonds. The zero-order valence-corrected chi connectivity index (χ0v) is 15.3. The first-order valence-electron chi connectivity index (χ1n) is 8.13. The molecule has 0 spiro atoms. The monoisotopic (exact) mass is 376 g/mol. The van der Waals surface area contributed by atoms with E-state index in [1.54, 1.807) is 28.0 Å². The molecule has 1 fully saturated rings. The molecule has 1 heterocycles. The molecular weight excluding hydrogens is 359 g/mol. The number of para-hydroxylation sites is 1. The summed E-state index contributed by atoms with van der Waals surface area (Å²) in [5.74, 6) is -0.541. The van der Waals surface area contributed by atoms with Gasteiger partial charge in [-0.3, -0.25) is 9.59 Å². The number of hydrogen-bond acceptors (Lipinski definition) is 2. The number of halogens is 2. The van der Waals surface area contributed by atoms with Gasteiger partial charge in [-0.2, -0.15) is 0 Å². The Morgan fingerprint density at radius 3 is 2.56 bits per heavy atom. The third-order valence-electron chi connectivity index (χ3n) is 4.32. The Labute approximate surface area is 156 Å². The lowest BCUT2D eigenvalue weighted by Gasteiger charge is -2.24. The lowest BCUT2D eigenvalue weighted by molar-refractivity contribution is -0.124. The molecule has 0 N–H and O–H groups in total. The maximum atomic E-state index is 12.9. The summed E-state index contributed by atoms with van der Waals surface area (Å²) in [4.78, 5) is 28.7. The molecule has 0 aliphatic carbocycles. The molecule has 0 saturated carbocycles. The average molecular weight is 377 g/mol. The normalized spacial score (nSPS) is 17.0. The predicted molar refractivity (Wildman–Crippen MR) is 101 cm³/mol. The standard InChI is InChI=1S/C19H18Cl2N2O2/c1-2-22(15-6-4-3-5-7-15)19(25)13-10-18(24)23(12-13)17-9-8-14(20)11-16(17)21/h3-9,11,13H,2,10,12H2,1H3. The number of nitrogens with zero attached hydrogens (tertiary/aromatic N) is 2. The molecule has 1 aliphatic heterocycles. The highest BCUT2D eigenvalue weighted by Gasteiger charge is 2.37. The van der Waals surface area contributed by atoms with E-state index < -0.39 is 0 Å². The Hall–Kier alpha value is -2.04. The number of carbonyl (C=O) groups excluding carboxylic acids is 2. The molecule has 3 rings (SSSR count). The summed E-state index contributed by atoms with van der Waals surface area (Å²) in [7, 11) is 0. The molecule has 1 saturated heterocycles. The van der Waals surface area contributed by atoms with E-state index in [0.29, 0.717) is 28.8 Å². The number of benzene rings is 2. The van der Waals surface area contributed by atoms with Crippen molar-refractivity contribution >= 4 is 46.4 Å². The molecule has 6 heteroatoms. The molecule has 0 aromatic heterocycles. The van der Waals surface area contributed by atoms with Crippen molar-refractivity contribution in [2.45, 2.75) is 13.3 Å². The van der Waals surface area contributed by atoms with Crippen LogP contribution in [0.5, 0.6) is 0 Å². The molecule has 2 aromatic carbocycles. The van der Waals surface area contributed by atoms with Crippen LogP contribution in [0.3, 0.4) is 0 Å². The van der Waals surface area contributed by atoms with Crippen molar-refractivity contribution in [3.8, 4) is 0 Å². The molecule has 0 radical (unpaired) electrons. The van der Waals surface area contributed by atoms with Gasteiger partial charge in [0.15, 0.2) is 0 Å². The molecule has 2 aromatic rings. The van der Waals surface area contributed by atoms with E-state index in [2.05, 4.69) is 0 Å². The van der Waals surface area contributed by atoms with Crippen LogP contribution in [0, 0.1) is 5.92 Å². The van der Waals surface area contributed by atoms with Crippen LogP contribution in [0.2, 0.25) is 10.0 Å². The van der Waals surface area contributed by atoms with Gasteiger partial charge in [0.2, 0.25) is 11.8 Å². The summed E-state index contributed by atoms with van der Waals surface area (Å²) < 4.78 is 0. The summed E-state index contributed by atoms with van der Waals surface area (Å²) in [6, 6.07) is 14.5. The molecule has 1 aliphatic rings. The second-order valence-corrected chi connectivity index (χ2v) is 6.76. The molecule has 25 heavy (non-hydrogen) atoms. The van der Waals surface area contributed by atoms with E-state index in [1.165, 1.54) is 0 Å². The molecule has 0 bridgehead atoms. The number of anilines is 2. The average Bonchev–Trinajstić information content (AvgIpc) is 2.98. The van der Waals surface area contributed by atoms with Crippen molar-refractivity contribution in [1.29, 1.82) is 0 Å². The minimum absolute atomic E-state index is 0.0466. The summed E-state index contributed by atoms with van der Waals surface area (Å²) in [5, 5.41) is 0.915.